The van der Waals surface area contributed by atoms with Gasteiger partial charge < -0.3 is 11.1 Å². The molecule has 0 saturated carbocycles. The number of anilines is 1. The molecule has 0 aromatic heterocycles. The van der Waals surface area contributed by atoms with E-state index in [1.165, 1.54) is 5.56 Å². The third-order valence-electron chi connectivity index (χ3n) is 3.62. The molecule has 1 amide bonds. The minimum atomic E-state index is -0.0876. The molecule has 1 unspecified atom stereocenters. The minimum absolute atomic E-state index is 0. The maximum Gasteiger partial charge on any atom is 0.251 e. The van der Waals surface area contributed by atoms with Crippen LogP contribution in [0.15, 0.2) is 48.5 Å². The van der Waals surface area contributed by atoms with Gasteiger partial charge in [0.05, 0.1) is 6.04 Å². The van der Waals surface area contributed by atoms with Gasteiger partial charge in [0.2, 0.25) is 0 Å². The van der Waals surface area contributed by atoms with Gasteiger partial charge in [-0.05, 0) is 48.2 Å². The number of hydrogen-bond acceptors (Lipinski definition) is 2. The van der Waals surface area contributed by atoms with Crippen molar-refractivity contribution in [1.82, 2.24) is 5.32 Å². The van der Waals surface area contributed by atoms with E-state index >= 15 is 0 Å². The van der Waals surface area contributed by atoms with E-state index in [0.29, 0.717) is 17.2 Å². The lowest BCUT2D eigenvalue weighted by Gasteiger charge is -2.15. The molecule has 0 aliphatic heterocycles. The van der Waals surface area contributed by atoms with Gasteiger partial charge in [0.25, 0.3) is 5.91 Å². The topological polar surface area (TPSA) is 55.1 Å². The first-order chi connectivity index (χ1) is 9.97. The van der Waals surface area contributed by atoms with E-state index in [-0.39, 0.29) is 24.4 Å². The smallest absolute Gasteiger partial charge is 0.251 e. The van der Waals surface area contributed by atoms with Crippen LogP contribution in [0.25, 0.3) is 0 Å². The predicted molar refractivity (Wildman–Crippen MR) is 94.5 cm³/mol. The Balaban J connectivity index is 0.00000242. The molecule has 3 N–H and O–H groups in total. The summed E-state index contributed by atoms with van der Waals surface area (Å²) in [5, 5.41) is 3.00. The standard InChI is InChI=1S/C18H22N2O.ClH/c1-12(2)14-4-6-15(7-5-14)13(3)20-18(21)16-8-10-17(19)11-9-16;/h4-13H,19H2,1-3H3,(H,20,21);1H. The third-order valence-corrected chi connectivity index (χ3v) is 3.62. The van der Waals surface area contributed by atoms with Gasteiger partial charge >= 0.3 is 0 Å². The molecular formula is C18H23ClN2O. The average Bonchev–Trinajstić information content (AvgIpc) is 2.47. The lowest BCUT2D eigenvalue weighted by Crippen LogP contribution is -2.26. The fourth-order valence-corrected chi connectivity index (χ4v) is 2.17. The van der Waals surface area contributed by atoms with Crippen molar-refractivity contribution in [2.45, 2.75) is 32.7 Å². The van der Waals surface area contributed by atoms with E-state index in [9.17, 15) is 4.79 Å². The maximum absolute atomic E-state index is 12.2. The summed E-state index contributed by atoms with van der Waals surface area (Å²) < 4.78 is 0. The molecule has 0 bridgehead atoms. The van der Waals surface area contributed by atoms with Crippen LogP contribution in [0.5, 0.6) is 0 Å². The van der Waals surface area contributed by atoms with Crippen LogP contribution in [0.2, 0.25) is 0 Å². The van der Waals surface area contributed by atoms with Crippen molar-refractivity contribution in [2.24, 2.45) is 0 Å². The third kappa shape index (κ3) is 4.50. The molecular weight excluding hydrogens is 296 g/mol. The zero-order valence-electron chi connectivity index (χ0n) is 13.2. The van der Waals surface area contributed by atoms with Crippen molar-refractivity contribution in [3.05, 3.63) is 65.2 Å². The Bertz CT molecular complexity index is 606. The molecule has 22 heavy (non-hydrogen) atoms. The minimum Gasteiger partial charge on any atom is -0.399 e. The summed E-state index contributed by atoms with van der Waals surface area (Å²) in [4.78, 5) is 12.2. The van der Waals surface area contributed by atoms with Crippen molar-refractivity contribution >= 4 is 24.0 Å². The Labute approximate surface area is 138 Å². The number of benzene rings is 2. The van der Waals surface area contributed by atoms with Crippen molar-refractivity contribution in [2.75, 3.05) is 5.73 Å². The number of nitrogens with one attached hydrogen (secondary N) is 1. The number of amides is 1. The van der Waals surface area contributed by atoms with Crippen LogP contribution in [0.3, 0.4) is 0 Å². The fraction of sp³-hybridized carbons (Fsp3) is 0.278. The van der Waals surface area contributed by atoms with Crippen LogP contribution < -0.4 is 11.1 Å². The molecule has 0 saturated heterocycles. The van der Waals surface area contributed by atoms with Crippen LogP contribution in [0.4, 0.5) is 5.69 Å². The first kappa shape index (κ1) is 18.1. The van der Waals surface area contributed by atoms with E-state index < -0.39 is 0 Å². The number of rotatable bonds is 4. The molecule has 4 heteroatoms. The number of halogens is 1. The van der Waals surface area contributed by atoms with Gasteiger partial charge in [0.1, 0.15) is 0 Å². The highest BCUT2D eigenvalue weighted by Crippen LogP contribution is 2.19. The number of hydrogen-bond donors (Lipinski definition) is 2. The number of carbonyl (C=O) groups excluding carboxylic acids is 1. The fourth-order valence-electron chi connectivity index (χ4n) is 2.17. The van der Waals surface area contributed by atoms with Crippen molar-refractivity contribution in [3.63, 3.8) is 0 Å². The molecule has 3 nitrogen and oxygen atoms in total. The quantitative estimate of drug-likeness (QED) is 0.825. The van der Waals surface area contributed by atoms with Crippen molar-refractivity contribution in [1.29, 1.82) is 0 Å². The SMILES string of the molecule is CC(C)c1ccc(C(C)NC(=O)c2ccc(N)cc2)cc1.Cl. The molecule has 0 fully saturated rings. The van der Waals surface area contributed by atoms with Crippen molar-refractivity contribution in [3.8, 4) is 0 Å². The van der Waals surface area contributed by atoms with Crippen LogP contribution >= 0.6 is 12.4 Å². The predicted octanol–water partition coefficient (Wildman–Crippen LogP) is 4.31. The lowest BCUT2D eigenvalue weighted by molar-refractivity contribution is 0.0940. The van der Waals surface area contributed by atoms with Crippen LogP contribution in [-0.2, 0) is 0 Å². The van der Waals surface area contributed by atoms with E-state index in [1.807, 2.05) is 6.92 Å². The highest BCUT2D eigenvalue weighted by atomic mass is 35.5. The second kappa shape index (κ2) is 7.85. The molecule has 2 aromatic carbocycles. The molecule has 0 spiro atoms. The van der Waals surface area contributed by atoms with Gasteiger partial charge in [0, 0.05) is 11.3 Å². The summed E-state index contributed by atoms with van der Waals surface area (Å²) in [6, 6.07) is 15.3. The Hall–Kier alpha value is -2.00. The van der Waals surface area contributed by atoms with E-state index in [2.05, 4.69) is 43.4 Å². The summed E-state index contributed by atoms with van der Waals surface area (Å²) in [7, 11) is 0. The van der Waals surface area contributed by atoms with Gasteiger partial charge in [-0.15, -0.1) is 12.4 Å². The van der Waals surface area contributed by atoms with Gasteiger partial charge in [-0.25, -0.2) is 0 Å². The van der Waals surface area contributed by atoms with E-state index in [0.717, 1.165) is 5.56 Å². The largest absolute Gasteiger partial charge is 0.399 e. The summed E-state index contributed by atoms with van der Waals surface area (Å²) in [6.45, 7) is 6.32. The van der Waals surface area contributed by atoms with Gasteiger partial charge in [-0.3, -0.25) is 4.79 Å². The second-order valence-electron chi connectivity index (χ2n) is 5.64. The van der Waals surface area contributed by atoms with Gasteiger partial charge in [-0.1, -0.05) is 38.1 Å². The molecule has 0 aliphatic rings. The number of nitrogens with two attached hydrogens (primary N) is 1. The summed E-state index contributed by atoms with van der Waals surface area (Å²) in [5.74, 6) is 0.425. The summed E-state index contributed by atoms with van der Waals surface area (Å²) >= 11 is 0. The first-order valence-corrected chi connectivity index (χ1v) is 7.23. The Morgan fingerprint density at radius 2 is 1.41 bits per heavy atom. The molecule has 1 atom stereocenters. The number of nitrogen functional groups attached to an aromatic ring is 1. The van der Waals surface area contributed by atoms with Crippen LogP contribution in [0.1, 0.15) is 54.2 Å². The Morgan fingerprint density at radius 3 is 1.91 bits per heavy atom. The second-order valence-corrected chi connectivity index (χ2v) is 5.64. The molecule has 118 valence electrons. The molecule has 2 rings (SSSR count). The summed E-state index contributed by atoms with van der Waals surface area (Å²) in [6.07, 6.45) is 0. The molecule has 0 radical (unpaired) electrons. The average molecular weight is 319 g/mol. The maximum atomic E-state index is 12.2. The normalized spacial score (nSPS) is 11.6. The Morgan fingerprint density at radius 1 is 0.909 bits per heavy atom. The summed E-state index contributed by atoms with van der Waals surface area (Å²) in [5.41, 5.74) is 9.30. The highest BCUT2D eigenvalue weighted by molar-refractivity contribution is 5.94. The zero-order valence-corrected chi connectivity index (χ0v) is 14.0. The highest BCUT2D eigenvalue weighted by Gasteiger charge is 2.11. The van der Waals surface area contributed by atoms with Crippen LogP contribution in [-0.4, -0.2) is 5.91 Å². The molecule has 2 aromatic rings. The van der Waals surface area contributed by atoms with Gasteiger partial charge in [0.15, 0.2) is 0 Å². The van der Waals surface area contributed by atoms with E-state index in [4.69, 9.17) is 5.73 Å². The molecule has 0 heterocycles. The zero-order chi connectivity index (χ0) is 15.4. The lowest BCUT2D eigenvalue weighted by atomic mass is 9.99. The van der Waals surface area contributed by atoms with Crippen molar-refractivity contribution < 1.29 is 4.79 Å². The molecule has 0 aliphatic carbocycles. The monoisotopic (exact) mass is 318 g/mol. The first-order valence-electron chi connectivity index (χ1n) is 7.23. The van der Waals surface area contributed by atoms with Gasteiger partial charge in [-0.2, -0.15) is 0 Å². The van der Waals surface area contributed by atoms with E-state index in [1.54, 1.807) is 24.3 Å². The Kier molecular flexibility index (Phi) is 6.44. The number of carbonyl (C=O) groups is 1. The van der Waals surface area contributed by atoms with Crippen LogP contribution in [0, 0.1) is 0 Å².